The second-order valence-electron chi connectivity index (χ2n) is 3.98. The fraction of sp³-hybridized carbons (Fsp3) is 0.250. The number of fused-ring (bicyclic) bond motifs is 3. The van der Waals surface area contributed by atoms with Crippen LogP contribution >= 0.6 is 0 Å². The molecule has 2 aromatic rings. The Bertz CT molecular complexity index is 545. The van der Waals surface area contributed by atoms with E-state index in [0.717, 1.165) is 30.8 Å². The molecule has 4 heteroatoms. The fourth-order valence-electron chi connectivity index (χ4n) is 2.22. The van der Waals surface area contributed by atoms with Gasteiger partial charge in [-0.05, 0) is 35.7 Å². The van der Waals surface area contributed by atoms with Crippen LogP contribution < -0.4 is 0 Å². The maximum Gasteiger partial charge on any atom is 0.140 e. The first-order valence-corrected chi connectivity index (χ1v) is 5.36. The third-order valence-corrected chi connectivity index (χ3v) is 3.00. The Morgan fingerprint density at radius 1 is 1.38 bits per heavy atom. The third-order valence-electron chi connectivity index (χ3n) is 3.00. The summed E-state index contributed by atoms with van der Waals surface area (Å²) in [5, 5.41) is 2.98. The van der Waals surface area contributed by atoms with Crippen LogP contribution in [0.15, 0.2) is 35.8 Å². The molecule has 0 spiro atoms. The predicted molar refractivity (Wildman–Crippen MR) is 61.4 cm³/mol. The van der Waals surface area contributed by atoms with Crippen molar-refractivity contribution in [2.24, 2.45) is 5.18 Å². The Morgan fingerprint density at radius 2 is 2.31 bits per heavy atom. The zero-order chi connectivity index (χ0) is 11.0. The molecule has 0 saturated carbocycles. The van der Waals surface area contributed by atoms with Gasteiger partial charge in [-0.15, -0.1) is 4.91 Å². The number of imidazole rings is 1. The molecule has 1 aromatic carbocycles. The van der Waals surface area contributed by atoms with Crippen molar-refractivity contribution in [3.8, 4) is 11.4 Å². The van der Waals surface area contributed by atoms with Crippen LogP contribution in [0, 0.1) is 4.91 Å². The number of benzene rings is 1. The minimum Gasteiger partial charge on any atom is -0.331 e. The van der Waals surface area contributed by atoms with E-state index < -0.39 is 0 Å². The zero-order valence-electron chi connectivity index (χ0n) is 8.76. The summed E-state index contributed by atoms with van der Waals surface area (Å²) in [5.74, 6) is 0.943. The van der Waals surface area contributed by atoms with Crippen molar-refractivity contribution < 1.29 is 0 Å². The molecular weight excluding hydrogens is 202 g/mol. The van der Waals surface area contributed by atoms with E-state index in [4.69, 9.17) is 0 Å². The van der Waals surface area contributed by atoms with Gasteiger partial charge in [0.2, 0.25) is 0 Å². The molecule has 0 saturated heterocycles. The fourth-order valence-corrected chi connectivity index (χ4v) is 2.22. The Labute approximate surface area is 92.9 Å². The maximum atomic E-state index is 10.6. The van der Waals surface area contributed by atoms with Gasteiger partial charge in [0.15, 0.2) is 0 Å². The number of aryl methyl sites for hydroxylation is 2. The highest BCUT2D eigenvalue weighted by molar-refractivity contribution is 5.66. The minimum atomic E-state index is 0.468. The molecule has 3 rings (SSSR count). The maximum absolute atomic E-state index is 10.6. The first-order valence-electron chi connectivity index (χ1n) is 5.36. The summed E-state index contributed by atoms with van der Waals surface area (Å²) >= 11 is 0. The van der Waals surface area contributed by atoms with E-state index in [2.05, 4.69) is 14.7 Å². The van der Waals surface area contributed by atoms with Crippen LogP contribution in [-0.2, 0) is 13.0 Å². The number of hydrogen-bond acceptors (Lipinski definition) is 3. The van der Waals surface area contributed by atoms with E-state index in [9.17, 15) is 4.91 Å². The lowest BCUT2D eigenvalue weighted by Crippen LogP contribution is -1.95. The molecular formula is C12H11N3O. The summed E-state index contributed by atoms with van der Waals surface area (Å²) < 4.78 is 2.13. The van der Waals surface area contributed by atoms with E-state index in [-0.39, 0.29) is 0 Å². The van der Waals surface area contributed by atoms with Gasteiger partial charge >= 0.3 is 0 Å². The van der Waals surface area contributed by atoms with Crippen molar-refractivity contribution in [2.45, 2.75) is 19.4 Å². The van der Waals surface area contributed by atoms with Crippen LogP contribution in [0.25, 0.3) is 11.4 Å². The van der Waals surface area contributed by atoms with Gasteiger partial charge in [0.1, 0.15) is 11.5 Å². The Balaban J connectivity index is 2.25. The first kappa shape index (κ1) is 9.27. The standard InChI is InChI=1S/C12H11N3O/c16-14-10-4-3-9-2-1-6-15-7-5-13-12(15)11(9)8-10/h3-5,7-8H,1-2,6H2. The van der Waals surface area contributed by atoms with E-state index >= 15 is 0 Å². The molecule has 0 atom stereocenters. The number of aromatic nitrogens is 2. The van der Waals surface area contributed by atoms with Crippen molar-refractivity contribution in [3.05, 3.63) is 41.1 Å². The number of rotatable bonds is 1. The van der Waals surface area contributed by atoms with Crippen molar-refractivity contribution >= 4 is 5.69 Å². The molecule has 0 fully saturated rings. The smallest absolute Gasteiger partial charge is 0.140 e. The van der Waals surface area contributed by atoms with E-state index in [0.29, 0.717) is 5.69 Å². The largest absolute Gasteiger partial charge is 0.331 e. The topological polar surface area (TPSA) is 47.2 Å². The number of hydrogen-bond donors (Lipinski definition) is 0. The molecule has 0 aliphatic carbocycles. The van der Waals surface area contributed by atoms with Gasteiger partial charge in [-0.25, -0.2) is 4.98 Å². The highest BCUT2D eigenvalue weighted by atomic mass is 16.3. The van der Waals surface area contributed by atoms with Gasteiger partial charge in [0.25, 0.3) is 0 Å². The highest BCUT2D eigenvalue weighted by Crippen LogP contribution is 2.30. The average molecular weight is 213 g/mol. The highest BCUT2D eigenvalue weighted by Gasteiger charge is 2.15. The van der Waals surface area contributed by atoms with E-state index in [1.807, 2.05) is 18.3 Å². The van der Waals surface area contributed by atoms with Crippen LogP contribution in [0.3, 0.4) is 0 Å². The van der Waals surface area contributed by atoms with Crippen molar-refractivity contribution in [2.75, 3.05) is 0 Å². The lowest BCUT2D eigenvalue weighted by atomic mass is 10.0. The molecule has 0 bridgehead atoms. The molecule has 0 N–H and O–H groups in total. The van der Waals surface area contributed by atoms with Gasteiger partial charge in [-0.2, -0.15) is 0 Å². The molecule has 1 aliphatic rings. The van der Waals surface area contributed by atoms with Gasteiger partial charge in [0, 0.05) is 24.5 Å². The summed E-state index contributed by atoms with van der Waals surface area (Å²) in [6.07, 6.45) is 5.90. The van der Waals surface area contributed by atoms with E-state index in [1.165, 1.54) is 5.56 Å². The SMILES string of the molecule is O=Nc1ccc2c(c1)-c1nccn1CCC2. The second-order valence-corrected chi connectivity index (χ2v) is 3.98. The van der Waals surface area contributed by atoms with Crippen LogP contribution in [-0.4, -0.2) is 9.55 Å². The van der Waals surface area contributed by atoms with Crippen LogP contribution in [0.4, 0.5) is 5.69 Å². The normalized spacial score (nSPS) is 13.8. The molecule has 0 amide bonds. The molecule has 80 valence electrons. The lowest BCUT2D eigenvalue weighted by molar-refractivity contribution is 0.661. The van der Waals surface area contributed by atoms with Gasteiger partial charge in [-0.3, -0.25) is 0 Å². The van der Waals surface area contributed by atoms with Crippen LogP contribution in [0.2, 0.25) is 0 Å². The number of nitroso groups, excluding NO2 is 1. The van der Waals surface area contributed by atoms with E-state index in [1.54, 1.807) is 12.3 Å². The van der Waals surface area contributed by atoms with Crippen molar-refractivity contribution in [1.82, 2.24) is 9.55 Å². The average Bonchev–Trinajstić information content (AvgIpc) is 2.71. The Morgan fingerprint density at radius 3 is 3.19 bits per heavy atom. The summed E-state index contributed by atoms with van der Waals surface area (Å²) in [5.41, 5.74) is 2.76. The van der Waals surface area contributed by atoms with Gasteiger partial charge < -0.3 is 4.57 Å². The molecule has 0 radical (unpaired) electrons. The monoisotopic (exact) mass is 213 g/mol. The van der Waals surface area contributed by atoms with Crippen molar-refractivity contribution in [1.29, 1.82) is 0 Å². The van der Waals surface area contributed by atoms with Crippen LogP contribution in [0.1, 0.15) is 12.0 Å². The second kappa shape index (κ2) is 3.56. The third kappa shape index (κ3) is 1.34. The molecule has 1 aliphatic heterocycles. The summed E-state index contributed by atoms with van der Waals surface area (Å²) in [6, 6.07) is 5.58. The number of nitrogens with zero attached hydrogens (tertiary/aromatic N) is 3. The predicted octanol–water partition coefficient (Wildman–Crippen LogP) is 2.89. The molecule has 16 heavy (non-hydrogen) atoms. The molecule has 0 unspecified atom stereocenters. The molecule has 4 nitrogen and oxygen atoms in total. The quantitative estimate of drug-likeness (QED) is 0.684. The van der Waals surface area contributed by atoms with Gasteiger partial charge in [0.05, 0.1) is 0 Å². The lowest BCUT2D eigenvalue weighted by Gasteiger charge is -2.05. The summed E-state index contributed by atoms with van der Waals surface area (Å²) in [6.45, 7) is 0.980. The zero-order valence-corrected chi connectivity index (χ0v) is 8.76. The van der Waals surface area contributed by atoms with Crippen molar-refractivity contribution in [3.63, 3.8) is 0 Å². The minimum absolute atomic E-state index is 0.468. The first-order chi connectivity index (χ1) is 7.88. The molecule has 2 heterocycles. The van der Waals surface area contributed by atoms with Gasteiger partial charge in [-0.1, -0.05) is 6.07 Å². The molecule has 1 aromatic heterocycles. The summed E-state index contributed by atoms with van der Waals surface area (Å²) in [7, 11) is 0. The van der Waals surface area contributed by atoms with Crippen LogP contribution in [0.5, 0.6) is 0 Å². The summed E-state index contributed by atoms with van der Waals surface area (Å²) in [4.78, 5) is 14.9. The Hall–Kier alpha value is -1.97. The Kier molecular flexibility index (Phi) is 2.06.